The largest absolute Gasteiger partial charge is 0.342 e. The zero-order chi connectivity index (χ0) is 18.6. The van der Waals surface area contributed by atoms with Crippen molar-refractivity contribution in [1.82, 2.24) is 19.9 Å². The Labute approximate surface area is 160 Å². The van der Waals surface area contributed by atoms with Crippen LogP contribution in [0, 0.1) is 11.8 Å². The van der Waals surface area contributed by atoms with Crippen LogP contribution in [0.3, 0.4) is 0 Å². The molecule has 0 bridgehead atoms. The van der Waals surface area contributed by atoms with E-state index in [4.69, 9.17) is 4.52 Å². The Hall–Kier alpha value is -2.21. The Kier molecular flexibility index (Phi) is 5.53. The highest BCUT2D eigenvalue weighted by Gasteiger charge is 2.30. The maximum atomic E-state index is 12.8. The standard InChI is InChI=1S/C21H28N4O2/c1-16-6-5-11-25(14-16)21(26)18-9-12-24(13-10-18)15-19-22-20(23-27-19)17-7-3-2-4-8-17/h2-4,7-8,16,18H,5-6,9-15H2,1H3. The molecular formula is C21H28N4O2. The maximum Gasteiger partial charge on any atom is 0.241 e. The van der Waals surface area contributed by atoms with Crippen LogP contribution in [0.15, 0.2) is 34.9 Å². The van der Waals surface area contributed by atoms with Gasteiger partial charge in [0.1, 0.15) is 0 Å². The van der Waals surface area contributed by atoms with Crippen LogP contribution in [0.4, 0.5) is 0 Å². The van der Waals surface area contributed by atoms with Gasteiger partial charge >= 0.3 is 0 Å². The summed E-state index contributed by atoms with van der Waals surface area (Å²) in [5.41, 5.74) is 0.965. The number of hydrogen-bond donors (Lipinski definition) is 0. The number of carbonyl (C=O) groups is 1. The molecule has 1 amide bonds. The number of benzene rings is 1. The summed E-state index contributed by atoms with van der Waals surface area (Å²) in [6.45, 7) is 6.58. The second-order valence-electron chi connectivity index (χ2n) is 7.96. The number of aromatic nitrogens is 2. The minimum atomic E-state index is 0.175. The van der Waals surface area contributed by atoms with Crippen LogP contribution >= 0.6 is 0 Å². The quantitative estimate of drug-likeness (QED) is 0.829. The first-order valence-corrected chi connectivity index (χ1v) is 10.1. The molecule has 6 heteroatoms. The number of likely N-dealkylation sites (tertiary alicyclic amines) is 2. The number of carbonyl (C=O) groups excluding carboxylic acids is 1. The zero-order valence-electron chi connectivity index (χ0n) is 16.0. The predicted molar refractivity (Wildman–Crippen MR) is 103 cm³/mol. The van der Waals surface area contributed by atoms with Crippen LogP contribution < -0.4 is 0 Å². The first kappa shape index (κ1) is 18.2. The van der Waals surface area contributed by atoms with E-state index in [0.717, 1.165) is 51.0 Å². The summed E-state index contributed by atoms with van der Waals surface area (Å²) in [6.07, 6.45) is 4.23. The van der Waals surface area contributed by atoms with Crippen molar-refractivity contribution in [2.24, 2.45) is 11.8 Å². The molecule has 0 radical (unpaired) electrons. The van der Waals surface area contributed by atoms with Gasteiger partial charge < -0.3 is 9.42 Å². The fourth-order valence-corrected chi connectivity index (χ4v) is 4.20. The topological polar surface area (TPSA) is 62.5 Å². The van der Waals surface area contributed by atoms with E-state index in [2.05, 4.69) is 26.9 Å². The number of hydrogen-bond acceptors (Lipinski definition) is 5. The molecule has 2 saturated heterocycles. The lowest BCUT2D eigenvalue weighted by molar-refractivity contribution is -0.138. The van der Waals surface area contributed by atoms with Gasteiger partial charge in [0.15, 0.2) is 0 Å². The Bertz CT molecular complexity index is 753. The summed E-state index contributed by atoms with van der Waals surface area (Å²) in [4.78, 5) is 21.7. The number of amides is 1. The first-order chi connectivity index (χ1) is 13.2. The molecule has 0 N–H and O–H groups in total. The summed E-state index contributed by atoms with van der Waals surface area (Å²) < 4.78 is 5.43. The first-order valence-electron chi connectivity index (χ1n) is 10.1. The third-order valence-electron chi connectivity index (χ3n) is 5.76. The van der Waals surface area contributed by atoms with Gasteiger partial charge in [0.25, 0.3) is 0 Å². The highest BCUT2D eigenvalue weighted by molar-refractivity contribution is 5.79. The van der Waals surface area contributed by atoms with Crippen LogP contribution in [0.1, 0.15) is 38.5 Å². The minimum absolute atomic E-state index is 0.175. The van der Waals surface area contributed by atoms with Crippen molar-refractivity contribution in [3.8, 4) is 11.4 Å². The van der Waals surface area contributed by atoms with Crippen molar-refractivity contribution in [2.45, 2.75) is 39.2 Å². The third-order valence-corrected chi connectivity index (χ3v) is 5.76. The van der Waals surface area contributed by atoms with E-state index in [1.807, 2.05) is 30.3 Å². The lowest BCUT2D eigenvalue weighted by Crippen LogP contribution is -2.45. The van der Waals surface area contributed by atoms with Crippen molar-refractivity contribution in [3.05, 3.63) is 36.2 Å². The van der Waals surface area contributed by atoms with Crippen LogP contribution in [-0.4, -0.2) is 52.0 Å². The Balaban J connectivity index is 1.28. The molecule has 2 fully saturated rings. The van der Waals surface area contributed by atoms with E-state index in [9.17, 15) is 4.79 Å². The van der Waals surface area contributed by atoms with Crippen LogP contribution in [-0.2, 0) is 11.3 Å². The molecule has 0 saturated carbocycles. The lowest BCUT2D eigenvalue weighted by Gasteiger charge is -2.36. The van der Waals surface area contributed by atoms with Gasteiger partial charge in [0, 0.05) is 24.6 Å². The molecular weight excluding hydrogens is 340 g/mol. The minimum Gasteiger partial charge on any atom is -0.342 e. The van der Waals surface area contributed by atoms with Gasteiger partial charge in [0.05, 0.1) is 6.54 Å². The van der Waals surface area contributed by atoms with Gasteiger partial charge in [-0.1, -0.05) is 42.4 Å². The molecule has 3 heterocycles. The van der Waals surface area contributed by atoms with Crippen molar-refractivity contribution < 1.29 is 9.32 Å². The Morgan fingerprint density at radius 1 is 1.15 bits per heavy atom. The molecule has 0 aliphatic carbocycles. The molecule has 1 aromatic heterocycles. The van der Waals surface area contributed by atoms with E-state index in [1.165, 1.54) is 6.42 Å². The summed E-state index contributed by atoms with van der Waals surface area (Å²) in [5, 5.41) is 4.09. The molecule has 2 aromatic rings. The molecule has 1 atom stereocenters. The van der Waals surface area contributed by atoms with E-state index in [0.29, 0.717) is 30.1 Å². The Morgan fingerprint density at radius 3 is 2.67 bits per heavy atom. The summed E-state index contributed by atoms with van der Waals surface area (Å²) in [6, 6.07) is 9.87. The number of nitrogens with zero attached hydrogens (tertiary/aromatic N) is 4. The Morgan fingerprint density at radius 2 is 1.93 bits per heavy atom. The average molecular weight is 368 g/mol. The molecule has 1 aromatic carbocycles. The van der Waals surface area contributed by atoms with Gasteiger partial charge in [-0.05, 0) is 44.7 Å². The molecule has 2 aliphatic heterocycles. The molecule has 0 spiro atoms. The highest BCUT2D eigenvalue weighted by Crippen LogP contribution is 2.24. The lowest BCUT2D eigenvalue weighted by atomic mass is 9.93. The second kappa shape index (κ2) is 8.21. The fourth-order valence-electron chi connectivity index (χ4n) is 4.20. The molecule has 1 unspecified atom stereocenters. The van der Waals surface area contributed by atoms with Gasteiger partial charge in [-0.2, -0.15) is 4.98 Å². The van der Waals surface area contributed by atoms with Gasteiger partial charge in [0.2, 0.25) is 17.6 Å². The number of rotatable bonds is 4. The molecule has 27 heavy (non-hydrogen) atoms. The maximum absolute atomic E-state index is 12.8. The zero-order valence-corrected chi connectivity index (χ0v) is 16.0. The SMILES string of the molecule is CC1CCCN(C(=O)C2CCN(Cc3nc(-c4ccccc4)no3)CC2)C1. The van der Waals surface area contributed by atoms with E-state index in [1.54, 1.807) is 0 Å². The summed E-state index contributed by atoms with van der Waals surface area (Å²) in [7, 11) is 0. The average Bonchev–Trinajstić information content (AvgIpc) is 3.17. The monoisotopic (exact) mass is 368 g/mol. The molecule has 6 nitrogen and oxygen atoms in total. The highest BCUT2D eigenvalue weighted by atomic mass is 16.5. The van der Waals surface area contributed by atoms with E-state index >= 15 is 0 Å². The van der Waals surface area contributed by atoms with Crippen molar-refractivity contribution in [3.63, 3.8) is 0 Å². The molecule has 2 aliphatic rings. The van der Waals surface area contributed by atoms with Gasteiger partial charge in [-0.25, -0.2) is 0 Å². The van der Waals surface area contributed by atoms with Crippen LogP contribution in [0.25, 0.3) is 11.4 Å². The molecule has 144 valence electrons. The van der Waals surface area contributed by atoms with Gasteiger partial charge in [-0.3, -0.25) is 9.69 Å². The normalized spacial score (nSPS) is 22.1. The fraction of sp³-hybridized carbons (Fsp3) is 0.571. The van der Waals surface area contributed by atoms with Crippen LogP contribution in [0.2, 0.25) is 0 Å². The number of piperidine rings is 2. The smallest absolute Gasteiger partial charge is 0.241 e. The molecule has 4 rings (SSSR count). The summed E-state index contributed by atoms with van der Waals surface area (Å²) >= 11 is 0. The van der Waals surface area contributed by atoms with E-state index < -0.39 is 0 Å². The predicted octanol–water partition coefficient (Wildman–Crippen LogP) is 3.21. The van der Waals surface area contributed by atoms with Crippen LogP contribution in [0.5, 0.6) is 0 Å². The third kappa shape index (κ3) is 4.38. The second-order valence-corrected chi connectivity index (χ2v) is 7.96. The van der Waals surface area contributed by atoms with Crippen molar-refractivity contribution >= 4 is 5.91 Å². The van der Waals surface area contributed by atoms with Gasteiger partial charge in [-0.15, -0.1) is 0 Å². The van der Waals surface area contributed by atoms with Crippen molar-refractivity contribution in [1.29, 1.82) is 0 Å². The van der Waals surface area contributed by atoms with Crippen molar-refractivity contribution in [2.75, 3.05) is 26.2 Å². The summed E-state index contributed by atoms with van der Waals surface area (Å²) in [5.74, 6) is 2.46. The van der Waals surface area contributed by atoms with E-state index in [-0.39, 0.29) is 5.92 Å².